The maximum absolute atomic E-state index is 5.90. The predicted octanol–water partition coefficient (Wildman–Crippen LogP) is 2.79. The van der Waals surface area contributed by atoms with Crippen molar-refractivity contribution in [3.63, 3.8) is 0 Å². The van der Waals surface area contributed by atoms with Gasteiger partial charge >= 0.3 is 0 Å². The molecule has 0 bridgehead atoms. The minimum Gasteiger partial charge on any atom is -0.440 e. The van der Waals surface area contributed by atoms with Crippen LogP contribution < -0.4 is 10.2 Å². The fraction of sp³-hybridized carbons (Fsp3) is 0.429. The minimum absolute atomic E-state index is 0.949. The topological polar surface area (TPSA) is 28.4 Å². The zero-order valence-electron chi connectivity index (χ0n) is 10.8. The molecule has 0 atom stereocenters. The van der Waals surface area contributed by atoms with Crippen LogP contribution in [0.25, 0.3) is 11.0 Å². The molecule has 2 aromatic rings. The number of nitrogens with zero attached hydrogens (tertiary/aromatic N) is 1. The fourth-order valence-electron chi connectivity index (χ4n) is 1.99. The molecule has 0 unspecified atom stereocenters. The highest BCUT2D eigenvalue weighted by Crippen LogP contribution is 2.27. The second-order valence-corrected chi connectivity index (χ2v) is 4.46. The highest BCUT2D eigenvalue weighted by atomic mass is 16.4. The monoisotopic (exact) mass is 232 g/mol. The van der Waals surface area contributed by atoms with Gasteiger partial charge in [0, 0.05) is 25.0 Å². The number of furan rings is 1. The Morgan fingerprint density at radius 1 is 1.35 bits per heavy atom. The number of para-hydroxylation sites is 1. The van der Waals surface area contributed by atoms with E-state index in [1.165, 1.54) is 10.9 Å². The summed E-state index contributed by atoms with van der Waals surface area (Å²) in [5.41, 5.74) is 2.19. The van der Waals surface area contributed by atoms with Crippen LogP contribution >= 0.6 is 0 Å². The van der Waals surface area contributed by atoms with E-state index in [2.05, 4.69) is 48.5 Å². The molecule has 1 aromatic heterocycles. The number of benzene rings is 1. The van der Waals surface area contributed by atoms with E-state index in [0.717, 1.165) is 31.0 Å². The molecule has 0 amide bonds. The van der Waals surface area contributed by atoms with Gasteiger partial charge in [0.2, 0.25) is 0 Å². The smallest absolute Gasteiger partial charge is 0.196 e. The molecular formula is C14H20N2O. The standard InChI is InChI=1S/C14H20N2O/c1-11-6-4-7-12-10-13(17-14(11)12)16(3)9-5-8-15-2/h4,6-7,10,15H,5,8-9H2,1-3H3. The van der Waals surface area contributed by atoms with Gasteiger partial charge in [-0.05, 0) is 32.5 Å². The van der Waals surface area contributed by atoms with E-state index in [1.54, 1.807) is 0 Å². The lowest BCUT2D eigenvalue weighted by molar-refractivity contribution is 0.586. The van der Waals surface area contributed by atoms with Crippen molar-refractivity contribution in [1.29, 1.82) is 0 Å². The zero-order valence-corrected chi connectivity index (χ0v) is 10.8. The van der Waals surface area contributed by atoms with Gasteiger partial charge in [-0.15, -0.1) is 0 Å². The van der Waals surface area contributed by atoms with Gasteiger partial charge in [-0.3, -0.25) is 0 Å². The van der Waals surface area contributed by atoms with Crippen molar-refractivity contribution in [2.45, 2.75) is 13.3 Å². The van der Waals surface area contributed by atoms with Crippen LogP contribution in [0, 0.1) is 6.92 Å². The lowest BCUT2D eigenvalue weighted by atomic mass is 10.2. The van der Waals surface area contributed by atoms with Gasteiger partial charge in [-0.1, -0.05) is 18.2 Å². The van der Waals surface area contributed by atoms with Gasteiger partial charge in [0.25, 0.3) is 0 Å². The Hall–Kier alpha value is -1.48. The molecule has 3 nitrogen and oxygen atoms in total. The second kappa shape index (κ2) is 5.23. The molecule has 3 heteroatoms. The lowest BCUT2D eigenvalue weighted by Crippen LogP contribution is -2.21. The van der Waals surface area contributed by atoms with Crippen LogP contribution in [0.1, 0.15) is 12.0 Å². The first-order valence-electron chi connectivity index (χ1n) is 6.07. The molecule has 1 N–H and O–H groups in total. The van der Waals surface area contributed by atoms with Crippen molar-refractivity contribution in [1.82, 2.24) is 5.32 Å². The number of aryl methyl sites for hydroxylation is 1. The Bertz CT molecular complexity index is 490. The van der Waals surface area contributed by atoms with Crippen LogP contribution in [0.15, 0.2) is 28.7 Å². The second-order valence-electron chi connectivity index (χ2n) is 4.46. The number of fused-ring (bicyclic) bond motifs is 1. The summed E-state index contributed by atoms with van der Waals surface area (Å²) in [4.78, 5) is 2.16. The van der Waals surface area contributed by atoms with Crippen LogP contribution in [-0.4, -0.2) is 27.2 Å². The molecule has 0 aliphatic rings. The van der Waals surface area contributed by atoms with E-state index in [9.17, 15) is 0 Å². The Kier molecular flexibility index (Phi) is 3.69. The molecule has 0 fully saturated rings. The van der Waals surface area contributed by atoms with Gasteiger partial charge in [-0.2, -0.15) is 0 Å². The molecule has 0 saturated carbocycles. The van der Waals surface area contributed by atoms with Crippen LogP contribution in [0.2, 0.25) is 0 Å². The average Bonchev–Trinajstić information content (AvgIpc) is 2.75. The minimum atomic E-state index is 0.949. The fourth-order valence-corrected chi connectivity index (χ4v) is 1.99. The lowest BCUT2D eigenvalue weighted by Gasteiger charge is -2.15. The Labute approximate surface area is 102 Å². The number of nitrogens with one attached hydrogen (secondary N) is 1. The molecule has 1 heterocycles. The van der Waals surface area contributed by atoms with Crippen LogP contribution in [0.3, 0.4) is 0 Å². The van der Waals surface area contributed by atoms with Gasteiger partial charge in [0.15, 0.2) is 5.88 Å². The zero-order chi connectivity index (χ0) is 12.3. The molecule has 17 heavy (non-hydrogen) atoms. The summed E-state index contributed by atoms with van der Waals surface area (Å²) < 4.78 is 5.90. The summed E-state index contributed by atoms with van der Waals surface area (Å²) in [5, 5.41) is 4.33. The number of hydrogen-bond donors (Lipinski definition) is 1. The SMILES string of the molecule is CNCCCN(C)c1cc2cccc(C)c2o1. The summed E-state index contributed by atoms with van der Waals surface area (Å²) >= 11 is 0. The molecule has 0 radical (unpaired) electrons. The molecule has 0 aliphatic carbocycles. The quantitative estimate of drug-likeness (QED) is 0.803. The summed E-state index contributed by atoms with van der Waals surface area (Å²) in [7, 11) is 4.05. The molecule has 92 valence electrons. The molecule has 1 aromatic carbocycles. The predicted molar refractivity (Wildman–Crippen MR) is 72.8 cm³/mol. The summed E-state index contributed by atoms with van der Waals surface area (Å²) in [6.07, 6.45) is 1.11. The number of hydrogen-bond acceptors (Lipinski definition) is 3. The van der Waals surface area contributed by atoms with Crippen LogP contribution in [0.4, 0.5) is 5.88 Å². The summed E-state index contributed by atoms with van der Waals surface area (Å²) in [6.45, 7) is 4.11. The van der Waals surface area contributed by atoms with Crippen LogP contribution in [0.5, 0.6) is 0 Å². The van der Waals surface area contributed by atoms with Gasteiger partial charge in [0.1, 0.15) is 5.58 Å². The molecular weight excluding hydrogens is 212 g/mol. The van der Waals surface area contributed by atoms with Gasteiger partial charge in [-0.25, -0.2) is 0 Å². The average molecular weight is 232 g/mol. The van der Waals surface area contributed by atoms with E-state index in [-0.39, 0.29) is 0 Å². The van der Waals surface area contributed by atoms with Gasteiger partial charge in [0.05, 0.1) is 0 Å². The van der Waals surface area contributed by atoms with Crippen molar-refractivity contribution in [3.05, 3.63) is 29.8 Å². The van der Waals surface area contributed by atoms with Crippen molar-refractivity contribution in [2.75, 3.05) is 32.1 Å². The Morgan fingerprint density at radius 3 is 2.88 bits per heavy atom. The summed E-state index contributed by atoms with van der Waals surface area (Å²) in [6, 6.07) is 8.35. The molecule has 0 aliphatic heterocycles. The van der Waals surface area contributed by atoms with E-state index < -0.39 is 0 Å². The van der Waals surface area contributed by atoms with Crippen molar-refractivity contribution in [3.8, 4) is 0 Å². The molecule has 0 saturated heterocycles. The van der Waals surface area contributed by atoms with Gasteiger partial charge < -0.3 is 14.6 Å². The number of rotatable bonds is 5. The molecule has 2 rings (SSSR count). The number of anilines is 1. The van der Waals surface area contributed by atoms with E-state index in [4.69, 9.17) is 4.42 Å². The van der Waals surface area contributed by atoms with Crippen molar-refractivity contribution < 1.29 is 4.42 Å². The van der Waals surface area contributed by atoms with E-state index in [1.807, 2.05) is 7.05 Å². The Balaban J connectivity index is 2.16. The maximum atomic E-state index is 5.90. The first kappa shape index (κ1) is 12.0. The van der Waals surface area contributed by atoms with Crippen molar-refractivity contribution in [2.24, 2.45) is 0 Å². The Morgan fingerprint density at radius 2 is 2.18 bits per heavy atom. The molecule has 0 spiro atoms. The maximum Gasteiger partial charge on any atom is 0.196 e. The first-order chi connectivity index (χ1) is 8.22. The summed E-state index contributed by atoms with van der Waals surface area (Å²) in [5.74, 6) is 0.949. The van der Waals surface area contributed by atoms with Crippen molar-refractivity contribution >= 4 is 16.9 Å². The van der Waals surface area contributed by atoms with E-state index >= 15 is 0 Å². The highest BCUT2D eigenvalue weighted by molar-refractivity contribution is 5.83. The largest absolute Gasteiger partial charge is 0.440 e. The van der Waals surface area contributed by atoms with Crippen LogP contribution in [-0.2, 0) is 0 Å². The third-order valence-electron chi connectivity index (χ3n) is 3.02. The third kappa shape index (κ3) is 2.61. The highest BCUT2D eigenvalue weighted by Gasteiger charge is 2.08. The normalized spacial score (nSPS) is 11.0. The first-order valence-corrected chi connectivity index (χ1v) is 6.07. The van der Waals surface area contributed by atoms with E-state index in [0.29, 0.717) is 0 Å². The third-order valence-corrected chi connectivity index (χ3v) is 3.02.